The molecular formula is C14H19NO2. The lowest BCUT2D eigenvalue weighted by molar-refractivity contribution is -0.138. The minimum Gasteiger partial charge on any atom is -0.480 e. The Morgan fingerprint density at radius 2 is 2.12 bits per heavy atom. The molecule has 0 unspecified atom stereocenters. The van der Waals surface area contributed by atoms with Gasteiger partial charge in [-0.3, -0.25) is 9.69 Å². The van der Waals surface area contributed by atoms with Gasteiger partial charge in [0.05, 0.1) is 6.54 Å². The molecule has 1 aliphatic carbocycles. The Kier molecular flexibility index (Phi) is 3.79. The standard InChI is InChI=1S/C14H19NO2/c1-2-15(10-14(16)17)9-12-5-3-4-6-13(12)11-7-8-11/h3-6,11H,2,7-10H2,1H3,(H,16,17). The molecule has 0 bridgehead atoms. The fraction of sp³-hybridized carbons (Fsp3) is 0.500. The van der Waals surface area contributed by atoms with E-state index >= 15 is 0 Å². The van der Waals surface area contributed by atoms with E-state index in [9.17, 15) is 4.79 Å². The molecule has 1 aromatic carbocycles. The smallest absolute Gasteiger partial charge is 0.317 e. The second-order valence-corrected chi connectivity index (χ2v) is 4.67. The number of hydrogen-bond donors (Lipinski definition) is 1. The van der Waals surface area contributed by atoms with Crippen LogP contribution in [0.25, 0.3) is 0 Å². The molecule has 92 valence electrons. The van der Waals surface area contributed by atoms with Crippen LogP contribution in [0.2, 0.25) is 0 Å². The average Bonchev–Trinajstić information content (AvgIpc) is 3.12. The molecule has 0 radical (unpaired) electrons. The van der Waals surface area contributed by atoms with E-state index in [1.807, 2.05) is 17.9 Å². The molecule has 2 rings (SSSR count). The van der Waals surface area contributed by atoms with E-state index < -0.39 is 5.97 Å². The summed E-state index contributed by atoms with van der Waals surface area (Å²) in [4.78, 5) is 12.7. The maximum Gasteiger partial charge on any atom is 0.317 e. The Morgan fingerprint density at radius 3 is 2.71 bits per heavy atom. The van der Waals surface area contributed by atoms with Crippen LogP contribution in [0.15, 0.2) is 24.3 Å². The van der Waals surface area contributed by atoms with Crippen molar-refractivity contribution in [2.24, 2.45) is 0 Å². The van der Waals surface area contributed by atoms with Gasteiger partial charge in [0, 0.05) is 6.54 Å². The molecule has 0 atom stereocenters. The van der Waals surface area contributed by atoms with E-state index in [0.29, 0.717) is 0 Å². The number of benzene rings is 1. The number of likely N-dealkylation sites (N-methyl/N-ethyl adjacent to an activating group) is 1. The molecular weight excluding hydrogens is 214 g/mol. The zero-order valence-corrected chi connectivity index (χ0v) is 10.2. The molecule has 1 N–H and O–H groups in total. The molecule has 1 saturated carbocycles. The van der Waals surface area contributed by atoms with Crippen LogP contribution in [0, 0.1) is 0 Å². The summed E-state index contributed by atoms with van der Waals surface area (Å²) in [5, 5.41) is 8.84. The van der Waals surface area contributed by atoms with Crippen molar-refractivity contribution in [3.63, 3.8) is 0 Å². The topological polar surface area (TPSA) is 40.5 Å². The molecule has 1 fully saturated rings. The number of carboxylic acid groups (broad SMARTS) is 1. The molecule has 0 aromatic heterocycles. The summed E-state index contributed by atoms with van der Waals surface area (Å²) in [6, 6.07) is 8.42. The molecule has 3 heteroatoms. The highest BCUT2D eigenvalue weighted by atomic mass is 16.4. The maximum absolute atomic E-state index is 10.7. The SMILES string of the molecule is CCN(CC(=O)O)Cc1ccccc1C1CC1. The highest BCUT2D eigenvalue weighted by molar-refractivity contribution is 5.69. The predicted octanol–water partition coefficient (Wildman–Crippen LogP) is 2.47. The van der Waals surface area contributed by atoms with Crippen molar-refractivity contribution in [1.29, 1.82) is 0 Å². The lowest BCUT2D eigenvalue weighted by atomic mass is 10.0. The first kappa shape index (κ1) is 12.1. The monoisotopic (exact) mass is 233 g/mol. The maximum atomic E-state index is 10.7. The second kappa shape index (κ2) is 5.32. The number of rotatable bonds is 6. The van der Waals surface area contributed by atoms with Crippen LogP contribution in [0.1, 0.15) is 36.8 Å². The number of hydrogen-bond acceptors (Lipinski definition) is 2. The largest absolute Gasteiger partial charge is 0.480 e. The molecule has 0 aliphatic heterocycles. The van der Waals surface area contributed by atoms with Crippen molar-refractivity contribution in [3.05, 3.63) is 35.4 Å². The van der Waals surface area contributed by atoms with Crippen molar-refractivity contribution in [2.75, 3.05) is 13.1 Å². The van der Waals surface area contributed by atoms with E-state index in [1.165, 1.54) is 24.0 Å². The van der Waals surface area contributed by atoms with Gasteiger partial charge in [-0.2, -0.15) is 0 Å². The molecule has 0 heterocycles. The van der Waals surface area contributed by atoms with E-state index in [4.69, 9.17) is 5.11 Å². The zero-order valence-electron chi connectivity index (χ0n) is 10.2. The van der Waals surface area contributed by atoms with Gasteiger partial charge in [-0.25, -0.2) is 0 Å². The third-order valence-corrected chi connectivity index (χ3v) is 3.27. The molecule has 3 nitrogen and oxygen atoms in total. The Labute approximate surface area is 102 Å². The Balaban J connectivity index is 2.08. The Hall–Kier alpha value is -1.35. The minimum atomic E-state index is -0.754. The molecule has 17 heavy (non-hydrogen) atoms. The number of nitrogens with zero attached hydrogens (tertiary/aromatic N) is 1. The first-order chi connectivity index (χ1) is 8.20. The summed E-state index contributed by atoms with van der Waals surface area (Å²) in [5.74, 6) is -0.0366. The normalized spacial score (nSPS) is 15.2. The average molecular weight is 233 g/mol. The zero-order chi connectivity index (χ0) is 12.3. The third-order valence-electron chi connectivity index (χ3n) is 3.27. The van der Waals surface area contributed by atoms with Crippen LogP contribution in [0.3, 0.4) is 0 Å². The summed E-state index contributed by atoms with van der Waals surface area (Å²) in [7, 11) is 0. The fourth-order valence-electron chi connectivity index (χ4n) is 2.18. The van der Waals surface area contributed by atoms with Gasteiger partial charge in [0.2, 0.25) is 0 Å². The Morgan fingerprint density at radius 1 is 1.41 bits per heavy atom. The molecule has 0 spiro atoms. The van der Waals surface area contributed by atoms with Gasteiger partial charge in [-0.1, -0.05) is 31.2 Å². The predicted molar refractivity (Wildman–Crippen MR) is 67.0 cm³/mol. The van der Waals surface area contributed by atoms with Gasteiger partial charge < -0.3 is 5.11 Å². The van der Waals surface area contributed by atoms with Gasteiger partial charge in [-0.05, 0) is 36.4 Å². The van der Waals surface area contributed by atoms with Crippen molar-refractivity contribution < 1.29 is 9.90 Å². The summed E-state index contributed by atoms with van der Waals surface area (Å²) in [5.41, 5.74) is 2.70. The molecule has 0 saturated heterocycles. The second-order valence-electron chi connectivity index (χ2n) is 4.67. The van der Waals surface area contributed by atoms with Gasteiger partial charge in [0.15, 0.2) is 0 Å². The van der Waals surface area contributed by atoms with Crippen LogP contribution in [-0.4, -0.2) is 29.1 Å². The lowest BCUT2D eigenvalue weighted by Crippen LogP contribution is -2.29. The van der Waals surface area contributed by atoms with Crippen molar-refractivity contribution >= 4 is 5.97 Å². The van der Waals surface area contributed by atoms with E-state index in [1.54, 1.807) is 0 Å². The summed E-state index contributed by atoms with van der Waals surface area (Å²) >= 11 is 0. The van der Waals surface area contributed by atoms with Crippen LogP contribution in [-0.2, 0) is 11.3 Å². The van der Waals surface area contributed by atoms with Crippen molar-refractivity contribution in [1.82, 2.24) is 4.90 Å². The molecule has 1 aliphatic rings. The van der Waals surface area contributed by atoms with Crippen LogP contribution >= 0.6 is 0 Å². The summed E-state index contributed by atoms with van der Waals surface area (Å²) in [6.07, 6.45) is 2.56. The first-order valence-corrected chi connectivity index (χ1v) is 6.22. The lowest BCUT2D eigenvalue weighted by Gasteiger charge is -2.20. The quantitative estimate of drug-likeness (QED) is 0.820. The van der Waals surface area contributed by atoms with Crippen LogP contribution in [0.4, 0.5) is 0 Å². The minimum absolute atomic E-state index is 0.121. The number of carboxylic acids is 1. The van der Waals surface area contributed by atoms with Crippen molar-refractivity contribution in [2.45, 2.75) is 32.2 Å². The third kappa shape index (κ3) is 3.30. The van der Waals surface area contributed by atoms with E-state index in [0.717, 1.165) is 19.0 Å². The molecule has 1 aromatic rings. The van der Waals surface area contributed by atoms with Crippen LogP contribution < -0.4 is 0 Å². The van der Waals surface area contributed by atoms with Gasteiger partial charge >= 0.3 is 5.97 Å². The first-order valence-electron chi connectivity index (χ1n) is 6.22. The van der Waals surface area contributed by atoms with Gasteiger partial charge in [-0.15, -0.1) is 0 Å². The fourth-order valence-corrected chi connectivity index (χ4v) is 2.18. The summed E-state index contributed by atoms with van der Waals surface area (Å²) < 4.78 is 0. The summed E-state index contributed by atoms with van der Waals surface area (Å²) in [6.45, 7) is 3.64. The number of aliphatic carboxylic acids is 1. The van der Waals surface area contributed by atoms with Crippen LogP contribution in [0.5, 0.6) is 0 Å². The van der Waals surface area contributed by atoms with Gasteiger partial charge in [0.1, 0.15) is 0 Å². The highest BCUT2D eigenvalue weighted by Crippen LogP contribution is 2.41. The van der Waals surface area contributed by atoms with Gasteiger partial charge in [0.25, 0.3) is 0 Å². The number of carbonyl (C=O) groups is 1. The van der Waals surface area contributed by atoms with E-state index in [-0.39, 0.29) is 6.54 Å². The van der Waals surface area contributed by atoms with E-state index in [2.05, 4.69) is 18.2 Å². The van der Waals surface area contributed by atoms with Crippen molar-refractivity contribution in [3.8, 4) is 0 Å². The molecule has 0 amide bonds. The highest BCUT2D eigenvalue weighted by Gasteiger charge is 2.26. The Bertz CT molecular complexity index is 399.